The van der Waals surface area contributed by atoms with E-state index < -0.39 is 13.9 Å². The van der Waals surface area contributed by atoms with Crippen molar-refractivity contribution < 1.29 is 14.0 Å². The zero-order valence-corrected chi connectivity index (χ0v) is 18.4. The Bertz CT molecular complexity index is 516. The molecule has 25 heavy (non-hydrogen) atoms. The quantitative estimate of drug-likeness (QED) is 0.508. The van der Waals surface area contributed by atoms with Crippen molar-refractivity contribution in [1.29, 1.82) is 0 Å². The molecule has 5 heteroatoms. The molecule has 2 aliphatic rings. The van der Waals surface area contributed by atoms with Crippen molar-refractivity contribution in [2.24, 2.45) is 11.8 Å². The van der Waals surface area contributed by atoms with Gasteiger partial charge < -0.3 is 14.1 Å². The number of carbonyl (C=O) groups is 1. The minimum absolute atomic E-state index is 0.124. The summed E-state index contributed by atoms with van der Waals surface area (Å²) in [6.07, 6.45) is 6.42. The molecular weight excluding hydrogens is 330 g/mol. The lowest BCUT2D eigenvalue weighted by molar-refractivity contribution is 0.0153. The van der Waals surface area contributed by atoms with E-state index >= 15 is 0 Å². The second-order valence-electron chi connectivity index (χ2n) is 10.1. The average Bonchev–Trinajstić information content (AvgIpc) is 2.81. The third-order valence-corrected chi connectivity index (χ3v) is 10.5. The molecule has 0 saturated carbocycles. The molecule has 0 aromatic heterocycles. The van der Waals surface area contributed by atoms with Crippen LogP contribution in [0.2, 0.25) is 18.1 Å². The third kappa shape index (κ3) is 4.88. The van der Waals surface area contributed by atoms with Crippen LogP contribution >= 0.6 is 0 Å². The van der Waals surface area contributed by atoms with E-state index in [1.54, 1.807) is 0 Å². The molecule has 1 heterocycles. The van der Waals surface area contributed by atoms with Gasteiger partial charge in [-0.3, -0.25) is 0 Å². The molecule has 1 saturated heterocycles. The normalized spacial score (nSPS) is 27.4. The van der Waals surface area contributed by atoms with Crippen LogP contribution in [0, 0.1) is 11.8 Å². The van der Waals surface area contributed by atoms with Crippen LogP contribution in [0.1, 0.15) is 54.4 Å². The maximum Gasteiger partial charge on any atom is 0.410 e. The number of fused-ring (bicyclic) bond motifs is 1. The molecule has 4 nitrogen and oxygen atoms in total. The Kier molecular flexibility index (Phi) is 5.79. The standard InChI is InChI=1S/C20H37NO3Si/c1-19(2,3)24-18(22)21-13-15-11-9-10-12-16(15)17(21)14-23-25(7,8)20(4,5)6/h9-10,15-17H,11-14H2,1-8H3/t15?,16?,17-/m1/s1. The Hall–Kier alpha value is -0.813. The zero-order chi connectivity index (χ0) is 19.0. The molecule has 2 unspecified atom stereocenters. The maximum atomic E-state index is 12.8. The molecule has 0 bridgehead atoms. The minimum atomic E-state index is -1.84. The molecule has 144 valence electrons. The lowest BCUT2D eigenvalue weighted by atomic mass is 9.82. The van der Waals surface area contributed by atoms with Gasteiger partial charge in [0.25, 0.3) is 0 Å². The van der Waals surface area contributed by atoms with Gasteiger partial charge in [-0.15, -0.1) is 0 Å². The number of hydrogen-bond donors (Lipinski definition) is 0. The van der Waals surface area contributed by atoms with Gasteiger partial charge in [-0.25, -0.2) is 4.79 Å². The molecule has 1 aliphatic carbocycles. The van der Waals surface area contributed by atoms with Gasteiger partial charge in [0.15, 0.2) is 8.32 Å². The van der Waals surface area contributed by atoms with Crippen LogP contribution in [0.5, 0.6) is 0 Å². The van der Waals surface area contributed by atoms with Crippen LogP contribution in [0.15, 0.2) is 12.2 Å². The summed E-state index contributed by atoms with van der Waals surface area (Å²) in [6, 6.07) is 0.124. The molecular formula is C20H37NO3Si. The van der Waals surface area contributed by atoms with Crippen molar-refractivity contribution in [1.82, 2.24) is 4.90 Å². The molecule has 0 spiro atoms. The van der Waals surface area contributed by atoms with Gasteiger partial charge in [0.05, 0.1) is 12.6 Å². The van der Waals surface area contributed by atoms with Crippen LogP contribution in [-0.4, -0.2) is 44.1 Å². The third-order valence-electron chi connectivity index (χ3n) is 5.99. The van der Waals surface area contributed by atoms with Crippen molar-refractivity contribution >= 4 is 14.4 Å². The molecule has 0 radical (unpaired) electrons. The van der Waals surface area contributed by atoms with E-state index in [2.05, 4.69) is 46.0 Å². The summed E-state index contributed by atoms with van der Waals surface area (Å²) < 4.78 is 12.2. The first-order valence-corrected chi connectivity index (χ1v) is 12.5. The summed E-state index contributed by atoms with van der Waals surface area (Å²) in [4.78, 5) is 14.7. The number of ether oxygens (including phenoxy) is 1. The average molecular weight is 368 g/mol. The maximum absolute atomic E-state index is 12.8. The highest BCUT2D eigenvalue weighted by atomic mass is 28.4. The van der Waals surface area contributed by atoms with Crippen LogP contribution in [0.3, 0.4) is 0 Å². The fraction of sp³-hybridized carbons (Fsp3) is 0.850. The van der Waals surface area contributed by atoms with E-state index in [-0.39, 0.29) is 17.2 Å². The number of carbonyl (C=O) groups excluding carboxylic acids is 1. The van der Waals surface area contributed by atoms with Gasteiger partial charge in [-0.2, -0.15) is 0 Å². The van der Waals surface area contributed by atoms with E-state index in [1.807, 2.05) is 25.7 Å². The Labute approximate surface area is 155 Å². The highest BCUT2D eigenvalue weighted by molar-refractivity contribution is 6.74. The first-order valence-electron chi connectivity index (χ1n) is 9.60. The summed E-state index contributed by atoms with van der Waals surface area (Å²) in [6.45, 7) is 18.5. The summed E-state index contributed by atoms with van der Waals surface area (Å²) in [5, 5.41) is 0.175. The number of rotatable bonds is 3. The summed E-state index contributed by atoms with van der Waals surface area (Å²) >= 11 is 0. The monoisotopic (exact) mass is 367 g/mol. The number of likely N-dealkylation sites (tertiary alicyclic amines) is 1. The van der Waals surface area contributed by atoms with Crippen LogP contribution in [-0.2, 0) is 9.16 Å². The Morgan fingerprint density at radius 1 is 1.12 bits per heavy atom. The predicted octanol–water partition coefficient (Wildman–Crippen LogP) is 5.21. The summed E-state index contributed by atoms with van der Waals surface area (Å²) in [5.41, 5.74) is -0.464. The molecule has 0 aromatic rings. The summed E-state index contributed by atoms with van der Waals surface area (Å²) in [5.74, 6) is 1.02. The van der Waals surface area contributed by atoms with Gasteiger partial charge in [0.1, 0.15) is 5.60 Å². The first kappa shape index (κ1) is 20.5. The van der Waals surface area contributed by atoms with Crippen molar-refractivity contribution in [2.75, 3.05) is 13.2 Å². The molecule has 0 N–H and O–H groups in total. The number of hydrogen-bond acceptors (Lipinski definition) is 3. The molecule has 3 atom stereocenters. The lowest BCUT2D eigenvalue weighted by Gasteiger charge is -2.39. The lowest BCUT2D eigenvalue weighted by Crippen LogP contribution is -2.48. The van der Waals surface area contributed by atoms with Gasteiger partial charge in [0, 0.05) is 6.54 Å². The highest BCUT2D eigenvalue weighted by Gasteiger charge is 2.46. The molecule has 2 rings (SSSR count). The van der Waals surface area contributed by atoms with Gasteiger partial charge in [0.2, 0.25) is 0 Å². The van der Waals surface area contributed by atoms with E-state index in [0.717, 1.165) is 19.4 Å². The summed E-state index contributed by atoms with van der Waals surface area (Å²) in [7, 11) is -1.84. The van der Waals surface area contributed by atoms with E-state index in [9.17, 15) is 4.79 Å². The van der Waals surface area contributed by atoms with E-state index in [0.29, 0.717) is 18.4 Å². The fourth-order valence-corrected chi connectivity index (χ4v) is 4.47. The molecule has 1 amide bonds. The molecule has 1 fully saturated rings. The van der Waals surface area contributed by atoms with Gasteiger partial charge >= 0.3 is 6.09 Å². The highest BCUT2D eigenvalue weighted by Crippen LogP contribution is 2.41. The predicted molar refractivity (Wildman–Crippen MR) is 105 cm³/mol. The molecule has 0 aromatic carbocycles. The Morgan fingerprint density at radius 3 is 2.28 bits per heavy atom. The van der Waals surface area contributed by atoms with Crippen molar-refractivity contribution in [3.05, 3.63) is 12.2 Å². The van der Waals surface area contributed by atoms with Crippen molar-refractivity contribution in [3.8, 4) is 0 Å². The second kappa shape index (κ2) is 7.07. The van der Waals surface area contributed by atoms with E-state index in [4.69, 9.17) is 9.16 Å². The number of allylic oxidation sites excluding steroid dienone is 2. The smallest absolute Gasteiger partial charge is 0.410 e. The van der Waals surface area contributed by atoms with Crippen LogP contribution in [0.25, 0.3) is 0 Å². The fourth-order valence-electron chi connectivity index (χ4n) is 3.45. The van der Waals surface area contributed by atoms with Crippen molar-refractivity contribution in [3.63, 3.8) is 0 Å². The van der Waals surface area contributed by atoms with Gasteiger partial charge in [-0.05, 0) is 63.6 Å². The van der Waals surface area contributed by atoms with Crippen molar-refractivity contribution in [2.45, 2.75) is 84.2 Å². The van der Waals surface area contributed by atoms with E-state index in [1.165, 1.54) is 0 Å². The van der Waals surface area contributed by atoms with Crippen LogP contribution in [0.4, 0.5) is 4.79 Å². The zero-order valence-electron chi connectivity index (χ0n) is 17.4. The largest absolute Gasteiger partial charge is 0.444 e. The number of nitrogens with zero attached hydrogens (tertiary/aromatic N) is 1. The SMILES string of the molecule is CC(C)(C)OC(=O)N1CC2CC=CCC2[C@H]1CO[Si](C)(C)C(C)(C)C. The topological polar surface area (TPSA) is 38.8 Å². The Balaban J connectivity index is 2.14. The first-order chi connectivity index (χ1) is 11.3. The Morgan fingerprint density at radius 2 is 1.72 bits per heavy atom. The second-order valence-corrected chi connectivity index (χ2v) is 14.9. The van der Waals surface area contributed by atoms with Gasteiger partial charge in [-0.1, -0.05) is 32.9 Å². The number of amides is 1. The molecule has 1 aliphatic heterocycles. The minimum Gasteiger partial charge on any atom is -0.444 e. The van der Waals surface area contributed by atoms with Crippen LogP contribution < -0.4 is 0 Å².